The van der Waals surface area contributed by atoms with Crippen molar-refractivity contribution in [1.82, 2.24) is 10.6 Å². The number of esters is 2. The molecule has 0 aromatic heterocycles. The average molecular weight is 683 g/mol. The molecule has 2 rings (SSSR count). The van der Waals surface area contributed by atoms with Crippen molar-refractivity contribution < 1.29 is 47.6 Å². The summed E-state index contributed by atoms with van der Waals surface area (Å²) < 4.78 is 34.1. The van der Waals surface area contributed by atoms with Gasteiger partial charge in [-0.05, 0) is 50.7 Å². The van der Waals surface area contributed by atoms with Gasteiger partial charge in [0.15, 0.2) is 0 Å². The van der Waals surface area contributed by atoms with Crippen molar-refractivity contribution >= 4 is 23.8 Å². The number of hydrogen-bond donors (Lipinski definition) is 4. The molecule has 0 unspecified atom stereocenters. The summed E-state index contributed by atoms with van der Waals surface area (Å²) in [5.74, 6) is -1.43. The third kappa shape index (κ3) is 13.9. The summed E-state index contributed by atoms with van der Waals surface area (Å²) >= 11 is 0. The zero-order valence-corrected chi connectivity index (χ0v) is 29.5. The molecule has 0 aromatic carbocycles. The van der Waals surface area contributed by atoms with Crippen LogP contribution in [0.25, 0.3) is 0 Å². The van der Waals surface area contributed by atoms with Gasteiger partial charge in [-0.2, -0.15) is 0 Å². The van der Waals surface area contributed by atoms with Crippen LogP contribution in [0, 0.1) is 0 Å². The predicted molar refractivity (Wildman–Crippen MR) is 179 cm³/mol. The smallest absolute Gasteiger partial charge is 0.333 e. The lowest BCUT2D eigenvalue weighted by Crippen LogP contribution is -2.57. The molecule has 0 saturated heterocycles. The van der Waals surface area contributed by atoms with Gasteiger partial charge in [0.25, 0.3) is 0 Å². The van der Waals surface area contributed by atoms with Gasteiger partial charge in [-0.3, -0.25) is 9.59 Å². The molecule has 6 atom stereocenters. The number of carbonyl (C=O) groups excluding carboxylic acids is 4. The molecule has 48 heavy (non-hydrogen) atoms. The normalized spacial score (nSPS) is 24.1. The van der Waals surface area contributed by atoms with Crippen LogP contribution in [0.4, 0.5) is 0 Å². The van der Waals surface area contributed by atoms with Gasteiger partial charge in [0.1, 0.15) is 13.2 Å². The van der Waals surface area contributed by atoms with E-state index in [4.69, 9.17) is 39.9 Å². The first-order valence-corrected chi connectivity index (χ1v) is 17.2. The molecular formula is C34H58N4O10. The van der Waals surface area contributed by atoms with Crippen molar-refractivity contribution in [2.45, 2.75) is 129 Å². The van der Waals surface area contributed by atoms with Gasteiger partial charge in [0, 0.05) is 37.1 Å². The molecule has 2 amide bonds. The number of nitrogens with one attached hydrogen (secondary N) is 2. The summed E-state index contributed by atoms with van der Waals surface area (Å²) in [5, 5.41) is 5.71. The van der Waals surface area contributed by atoms with E-state index in [0.717, 1.165) is 25.7 Å². The molecule has 14 heteroatoms. The van der Waals surface area contributed by atoms with Gasteiger partial charge >= 0.3 is 11.9 Å². The van der Waals surface area contributed by atoms with Crippen molar-refractivity contribution in [3.8, 4) is 0 Å². The first-order valence-electron chi connectivity index (χ1n) is 17.2. The Morgan fingerprint density at radius 3 is 1.29 bits per heavy atom. The second kappa shape index (κ2) is 22.0. The lowest BCUT2D eigenvalue weighted by atomic mass is 9.88. The minimum Gasteiger partial charge on any atom is -0.460 e. The minimum absolute atomic E-state index is 0.0295. The van der Waals surface area contributed by atoms with Crippen LogP contribution in [0.3, 0.4) is 0 Å². The Morgan fingerprint density at radius 2 is 0.979 bits per heavy atom. The van der Waals surface area contributed by atoms with Gasteiger partial charge in [-0.1, -0.05) is 27.7 Å². The maximum absolute atomic E-state index is 12.7. The zero-order chi connectivity index (χ0) is 35.6. The van der Waals surface area contributed by atoms with Gasteiger partial charge in [0.05, 0.1) is 62.9 Å². The summed E-state index contributed by atoms with van der Waals surface area (Å²) in [5.41, 5.74) is 13.5. The van der Waals surface area contributed by atoms with Crippen LogP contribution >= 0.6 is 0 Å². The molecule has 274 valence electrons. The minimum atomic E-state index is -0.539. The second-order valence-electron chi connectivity index (χ2n) is 12.1. The Kier molecular flexibility index (Phi) is 18.9. The van der Waals surface area contributed by atoms with E-state index in [1.807, 2.05) is 27.7 Å². The van der Waals surface area contributed by atoms with Crippen molar-refractivity contribution in [2.24, 2.45) is 11.5 Å². The van der Waals surface area contributed by atoms with Crippen LogP contribution in [0.15, 0.2) is 23.3 Å². The quantitative estimate of drug-likeness (QED) is 0.101. The van der Waals surface area contributed by atoms with Gasteiger partial charge in [-0.25, -0.2) is 9.59 Å². The van der Waals surface area contributed by atoms with Crippen molar-refractivity contribution in [3.63, 3.8) is 0 Å². The summed E-state index contributed by atoms with van der Waals surface area (Å²) in [6, 6.07) is -1.88. The van der Waals surface area contributed by atoms with E-state index < -0.39 is 48.3 Å². The summed E-state index contributed by atoms with van der Waals surface area (Å²) in [6.45, 7) is 11.8. The van der Waals surface area contributed by atoms with Gasteiger partial charge in [0.2, 0.25) is 11.8 Å². The molecular weight excluding hydrogens is 624 g/mol. The van der Waals surface area contributed by atoms with E-state index in [1.54, 1.807) is 12.2 Å². The second-order valence-corrected chi connectivity index (χ2v) is 12.1. The highest BCUT2D eigenvalue weighted by molar-refractivity contribution is 5.89. The molecule has 6 N–H and O–H groups in total. The number of ether oxygens (including phenoxy) is 6. The third-order valence-corrected chi connectivity index (χ3v) is 8.35. The maximum Gasteiger partial charge on any atom is 0.333 e. The largest absolute Gasteiger partial charge is 0.460 e. The van der Waals surface area contributed by atoms with E-state index in [2.05, 4.69) is 10.6 Å². The number of amides is 2. The molecule has 0 fully saturated rings. The van der Waals surface area contributed by atoms with Crippen LogP contribution in [-0.2, 0) is 47.6 Å². The zero-order valence-electron chi connectivity index (χ0n) is 29.5. The highest BCUT2D eigenvalue weighted by atomic mass is 16.6. The van der Waals surface area contributed by atoms with Crippen LogP contribution in [-0.4, -0.2) is 112 Å². The Labute approximate surface area is 284 Å². The van der Waals surface area contributed by atoms with Crippen LogP contribution < -0.4 is 22.1 Å². The molecule has 0 aromatic rings. The first kappa shape index (κ1) is 41.3. The molecule has 0 heterocycles. The maximum atomic E-state index is 12.7. The number of nitrogens with two attached hydrogens (primary N) is 2. The van der Waals surface area contributed by atoms with E-state index in [-0.39, 0.29) is 76.5 Å². The van der Waals surface area contributed by atoms with Crippen LogP contribution in [0.5, 0.6) is 0 Å². The van der Waals surface area contributed by atoms with Gasteiger partial charge in [-0.15, -0.1) is 0 Å². The fourth-order valence-electron chi connectivity index (χ4n) is 5.69. The molecule has 0 aliphatic heterocycles. The molecule has 0 saturated carbocycles. The van der Waals surface area contributed by atoms with E-state index in [1.165, 1.54) is 13.8 Å². The standard InChI is InChI=1S/C34H58N4O10/c1-7-25(8-2)47-29-19-23(17-27(35)31(29)37-21(5)39)33(41)45-15-13-43-11-12-44-14-16-46-34(42)24-18-28(36)32(38-22(6)40)30(20-24)48-26(9-3)10-4/h19-20,25-32H,7-18,35-36H2,1-6H3,(H,37,39)(H,38,40)/t27-,28-,29+,30+,31+,32+/m0/s1. The molecule has 2 aliphatic rings. The highest BCUT2D eigenvalue weighted by Crippen LogP contribution is 2.25. The van der Waals surface area contributed by atoms with Crippen molar-refractivity contribution in [2.75, 3.05) is 39.6 Å². The number of hydrogen-bond acceptors (Lipinski definition) is 12. The van der Waals surface area contributed by atoms with E-state index >= 15 is 0 Å². The number of carbonyl (C=O) groups is 4. The Bertz CT molecular complexity index is 1010. The predicted octanol–water partition coefficient (Wildman–Crippen LogP) is 1.58. The first-order chi connectivity index (χ1) is 22.9. The summed E-state index contributed by atoms with van der Waals surface area (Å²) in [4.78, 5) is 48.9. The molecule has 0 bridgehead atoms. The molecule has 0 radical (unpaired) electrons. The van der Waals surface area contributed by atoms with Crippen molar-refractivity contribution in [1.29, 1.82) is 0 Å². The van der Waals surface area contributed by atoms with E-state index in [9.17, 15) is 19.2 Å². The topological polar surface area (TPSA) is 200 Å². The van der Waals surface area contributed by atoms with E-state index in [0.29, 0.717) is 11.1 Å². The SMILES string of the molecule is CCC(CC)O[C@@H]1C=C(C(=O)OCCOCCOCCOC(=O)C2=C[C@@H](OC(CC)CC)[C@H](NC(C)=O)[C@@H](N)C2)C[C@H](N)[C@H]1NC(C)=O. The fourth-order valence-corrected chi connectivity index (χ4v) is 5.69. The number of rotatable bonds is 21. The summed E-state index contributed by atoms with van der Waals surface area (Å²) in [6.07, 6.45) is 5.93. The fraction of sp³-hybridized carbons (Fsp3) is 0.765. The summed E-state index contributed by atoms with van der Waals surface area (Å²) in [7, 11) is 0. The lowest BCUT2D eigenvalue weighted by molar-refractivity contribution is -0.143. The Hall–Kier alpha value is -2.88. The van der Waals surface area contributed by atoms with Crippen LogP contribution in [0.1, 0.15) is 80.1 Å². The lowest BCUT2D eigenvalue weighted by Gasteiger charge is -2.36. The monoisotopic (exact) mass is 682 g/mol. The molecule has 0 spiro atoms. The highest BCUT2D eigenvalue weighted by Gasteiger charge is 2.37. The van der Waals surface area contributed by atoms with Crippen LogP contribution in [0.2, 0.25) is 0 Å². The average Bonchev–Trinajstić information content (AvgIpc) is 3.05. The van der Waals surface area contributed by atoms with Gasteiger partial charge < -0.3 is 50.5 Å². The Morgan fingerprint density at radius 1 is 0.646 bits per heavy atom. The Balaban J connectivity index is 1.71. The third-order valence-electron chi connectivity index (χ3n) is 8.35. The van der Waals surface area contributed by atoms with Crippen molar-refractivity contribution in [3.05, 3.63) is 23.3 Å². The molecule has 2 aliphatic carbocycles. The molecule has 14 nitrogen and oxygen atoms in total.